The van der Waals surface area contributed by atoms with E-state index in [0.717, 1.165) is 55.3 Å². The van der Waals surface area contributed by atoms with E-state index in [0.29, 0.717) is 29.3 Å². The third-order valence-electron chi connectivity index (χ3n) is 10.1. The second-order valence-corrected chi connectivity index (χ2v) is 13.2. The molecule has 0 spiro atoms. The Balaban J connectivity index is 1.16. The molecule has 0 bridgehead atoms. The maximum absolute atomic E-state index is 6.73. The standard InChI is InChI=1S/C47H31N3O/c1-3-11-30(12-4-1)31-19-24-35(25-20-31)46-48-45(34-14-5-2-6-15-34)49-47(50-46)40-28-27-38(44-43(40)39-17-9-10-18-42(39)51-44)36-26-23-33-22-21-32-13-7-8-16-37(32)41(33)29-36/h1-29,32,37H. The number of nitrogens with zero attached hydrogens (tertiary/aromatic N) is 3. The first kappa shape index (κ1) is 29.3. The summed E-state index contributed by atoms with van der Waals surface area (Å²) in [5.41, 5.74) is 11.5. The van der Waals surface area contributed by atoms with Crippen molar-refractivity contribution in [3.63, 3.8) is 0 Å². The number of benzene rings is 6. The molecule has 2 heterocycles. The van der Waals surface area contributed by atoms with Gasteiger partial charge in [0.25, 0.3) is 0 Å². The number of aromatic nitrogens is 3. The fourth-order valence-corrected chi connectivity index (χ4v) is 7.54. The van der Waals surface area contributed by atoms with Crippen molar-refractivity contribution in [2.45, 2.75) is 5.92 Å². The van der Waals surface area contributed by atoms with Gasteiger partial charge in [0.2, 0.25) is 0 Å². The van der Waals surface area contributed by atoms with Gasteiger partial charge in [0, 0.05) is 44.9 Å². The average molecular weight is 654 g/mol. The highest BCUT2D eigenvalue weighted by molar-refractivity contribution is 6.15. The highest BCUT2D eigenvalue weighted by Crippen LogP contribution is 2.44. The van der Waals surface area contributed by atoms with Crippen molar-refractivity contribution in [3.05, 3.63) is 181 Å². The highest BCUT2D eigenvalue weighted by atomic mass is 16.3. The van der Waals surface area contributed by atoms with Crippen LogP contribution in [-0.4, -0.2) is 15.0 Å². The SMILES string of the molecule is C1=CC2C=Cc3ccc(-c4ccc(-c5nc(-c6ccccc6)nc(-c6ccc(-c7ccccc7)cc6)n5)c5c4oc4ccccc45)cc3C2C=C1. The molecule has 0 radical (unpaired) electrons. The van der Waals surface area contributed by atoms with E-state index in [1.807, 2.05) is 48.5 Å². The molecule has 2 aromatic heterocycles. The third-order valence-corrected chi connectivity index (χ3v) is 10.1. The summed E-state index contributed by atoms with van der Waals surface area (Å²) in [5.74, 6) is 2.54. The van der Waals surface area contributed by atoms with Crippen molar-refractivity contribution in [3.8, 4) is 56.4 Å². The molecule has 4 nitrogen and oxygen atoms in total. The number of furan rings is 1. The fraction of sp³-hybridized carbons (Fsp3) is 0.0426. The second-order valence-electron chi connectivity index (χ2n) is 13.2. The molecule has 0 amide bonds. The van der Waals surface area contributed by atoms with Crippen LogP contribution in [0.5, 0.6) is 0 Å². The first-order chi connectivity index (χ1) is 25.3. The Morgan fingerprint density at radius 2 is 1.08 bits per heavy atom. The molecule has 2 aliphatic carbocycles. The Labute approximate surface area is 295 Å². The fourth-order valence-electron chi connectivity index (χ4n) is 7.54. The van der Waals surface area contributed by atoms with E-state index >= 15 is 0 Å². The summed E-state index contributed by atoms with van der Waals surface area (Å²) in [4.78, 5) is 15.3. The van der Waals surface area contributed by atoms with E-state index in [9.17, 15) is 0 Å². The molecule has 6 aromatic carbocycles. The van der Waals surface area contributed by atoms with Crippen molar-refractivity contribution in [1.82, 2.24) is 15.0 Å². The van der Waals surface area contributed by atoms with Crippen LogP contribution >= 0.6 is 0 Å². The van der Waals surface area contributed by atoms with Gasteiger partial charge >= 0.3 is 0 Å². The van der Waals surface area contributed by atoms with Crippen molar-refractivity contribution in [2.75, 3.05) is 0 Å². The zero-order valence-corrected chi connectivity index (χ0v) is 27.6. The summed E-state index contributed by atoms with van der Waals surface area (Å²) in [6.45, 7) is 0. The molecule has 0 saturated heterocycles. The molecule has 4 heteroatoms. The summed E-state index contributed by atoms with van der Waals surface area (Å²) >= 11 is 0. The third kappa shape index (κ3) is 5.12. The predicted octanol–water partition coefficient (Wildman–Crippen LogP) is 12.0. The van der Waals surface area contributed by atoms with Crippen molar-refractivity contribution in [2.24, 2.45) is 5.92 Å². The van der Waals surface area contributed by atoms with Gasteiger partial charge in [-0.05, 0) is 52.1 Å². The van der Waals surface area contributed by atoms with Crippen LogP contribution in [0, 0.1) is 5.92 Å². The van der Waals surface area contributed by atoms with E-state index in [4.69, 9.17) is 19.4 Å². The van der Waals surface area contributed by atoms with Crippen molar-refractivity contribution >= 4 is 28.0 Å². The first-order valence-electron chi connectivity index (χ1n) is 17.4. The number of fused-ring (bicyclic) bond motifs is 6. The molecule has 2 atom stereocenters. The molecule has 10 rings (SSSR count). The molecule has 0 saturated carbocycles. The van der Waals surface area contributed by atoms with Crippen LogP contribution in [0.4, 0.5) is 0 Å². The van der Waals surface area contributed by atoms with Gasteiger partial charge in [-0.15, -0.1) is 0 Å². The highest BCUT2D eigenvalue weighted by Gasteiger charge is 2.26. The van der Waals surface area contributed by atoms with Crippen molar-refractivity contribution < 1.29 is 4.42 Å². The van der Waals surface area contributed by atoms with Gasteiger partial charge in [-0.2, -0.15) is 0 Å². The molecule has 0 N–H and O–H groups in total. The summed E-state index contributed by atoms with van der Waals surface area (Å²) in [6, 6.07) is 48.3. The minimum absolute atomic E-state index is 0.321. The van der Waals surface area contributed by atoms with Gasteiger partial charge in [0.05, 0.1) is 0 Å². The lowest BCUT2D eigenvalue weighted by Gasteiger charge is -2.28. The Hall–Kier alpha value is -6.65. The number of allylic oxidation sites excluding steroid dienone is 5. The Morgan fingerprint density at radius 3 is 1.88 bits per heavy atom. The molecule has 2 unspecified atom stereocenters. The maximum Gasteiger partial charge on any atom is 0.164 e. The quantitative estimate of drug-likeness (QED) is 0.185. The molecule has 0 aliphatic heterocycles. The number of hydrogen-bond donors (Lipinski definition) is 0. The van der Waals surface area contributed by atoms with Crippen LogP contribution in [0.3, 0.4) is 0 Å². The Morgan fingerprint density at radius 1 is 0.471 bits per heavy atom. The monoisotopic (exact) mass is 653 g/mol. The lowest BCUT2D eigenvalue weighted by Crippen LogP contribution is -2.13. The van der Waals surface area contributed by atoms with Gasteiger partial charge in [-0.1, -0.05) is 152 Å². The van der Waals surface area contributed by atoms with Crippen LogP contribution in [0.25, 0.3) is 84.4 Å². The van der Waals surface area contributed by atoms with Gasteiger partial charge in [0.15, 0.2) is 17.5 Å². The molecule has 240 valence electrons. The molecule has 0 fully saturated rings. The molecule has 8 aromatic rings. The zero-order valence-electron chi connectivity index (χ0n) is 27.6. The van der Waals surface area contributed by atoms with Gasteiger partial charge < -0.3 is 4.42 Å². The first-order valence-corrected chi connectivity index (χ1v) is 17.4. The van der Waals surface area contributed by atoms with Crippen LogP contribution in [-0.2, 0) is 0 Å². The minimum atomic E-state index is 0.321. The van der Waals surface area contributed by atoms with E-state index in [2.05, 4.69) is 127 Å². The summed E-state index contributed by atoms with van der Waals surface area (Å²) in [7, 11) is 0. The van der Waals surface area contributed by atoms with Crippen LogP contribution in [0.1, 0.15) is 17.0 Å². The summed E-state index contributed by atoms with van der Waals surface area (Å²) in [6.07, 6.45) is 13.5. The molecule has 51 heavy (non-hydrogen) atoms. The minimum Gasteiger partial charge on any atom is -0.455 e. The summed E-state index contributed by atoms with van der Waals surface area (Å²) < 4.78 is 6.73. The Kier molecular flexibility index (Phi) is 6.91. The van der Waals surface area contributed by atoms with Crippen LogP contribution in [0.15, 0.2) is 174 Å². The van der Waals surface area contributed by atoms with E-state index < -0.39 is 0 Å². The lowest BCUT2D eigenvalue weighted by molar-refractivity contribution is 0.670. The average Bonchev–Trinajstić information content (AvgIpc) is 3.61. The number of para-hydroxylation sites is 1. The zero-order chi connectivity index (χ0) is 33.7. The molecule has 2 aliphatic rings. The van der Waals surface area contributed by atoms with E-state index in [1.54, 1.807) is 0 Å². The van der Waals surface area contributed by atoms with E-state index in [1.165, 1.54) is 16.7 Å². The number of hydrogen-bond acceptors (Lipinski definition) is 4. The van der Waals surface area contributed by atoms with Gasteiger partial charge in [-0.25, -0.2) is 15.0 Å². The van der Waals surface area contributed by atoms with Crippen LogP contribution < -0.4 is 0 Å². The normalized spacial score (nSPS) is 16.0. The smallest absolute Gasteiger partial charge is 0.164 e. The second kappa shape index (κ2) is 12.0. The lowest BCUT2D eigenvalue weighted by atomic mass is 9.76. The largest absolute Gasteiger partial charge is 0.455 e. The van der Waals surface area contributed by atoms with Gasteiger partial charge in [0.1, 0.15) is 11.2 Å². The van der Waals surface area contributed by atoms with Gasteiger partial charge in [-0.3, -0.25) is 0 Å². The maximum atomic E-state index is 6.73. The van der Waals surface area contributed by atoms with E-state index in [-0.39, 0.29) is 0 Å². The Bertz CT molecular complexity index is 2690. The van der Waals surface area contributed by atoms with Crippen LogP contribution in [0.2, 0.25) is 0 Å². The topological polar surface area (TPSA) is 51.8 Å². The molecular weight excluding hydrogens is 623 g/mol. The molecular formula is C47H31N3O. The predicted molar refractivity (Wildman–Crippen MR) is 208 cm³/mol. The number of rotatable bonds is 5. The van der Waals surface area contributed by atoms with Crippen molar-refractivity contribution in [1.29, 1.82) is 0 Å². The summed E-state index contributed by atoms with van der Waals surface area (Å²) in [5, 5.41) is 2.02.